The second kappa shape index (κ2) is 12.6. The Labute approximate surface area is 318 Å². The van der Waals surface area contributed by atoms with Gasteiger partial charge in [-0.3, -0.25) is 0 Å². The molecule has 11 rings (SSSR count). The Hall–Kier alpha value is -7.36. The van der Waals surface area contributed by atoms with E-state index in [1.807, 2.05) is 6.07 Å². The molecule has 258 valence electrons. The molecule has 0 N–H and O–H groups in total. The molecule has 0 unspecified atom stereocenters. The third-order valence-corrected chi connectivity index (χ3v) is 10.9. The number of para-hydroxylation sites is 3. The third kappa shape index (κ3) is 5.20. The zero-order valence-electron chi connectivity index (χ0n) is 29.9. The van der Waals surface area contributed by atoms with Crippen molar-refractivity contribution in [1.82, 2.24) is 4.57 Å². The number of fused-ring (bicyclic) bond motifs is 7. The van der Waals surface area contributed by atoms with Crippen LogP contribution in [0.2, 0.25) is 0 Å². The molecule has 0 aliphatic carbocycles. The molecule has 3 nitrogen and oxygen atoms in total. The van der Waals surface area contributed by atoms with E-state index in [4.69, 9.17) is 4.42 Å². The van der Waals surface area contributed by atoms with Crippen molar-refractivity contribution in [3.8, 4) is 27.9 Å². The summed E-state index contributed by atoms with van der Waals surface area (Å²) in [6, 6.07) is 73.9. The molecule has 55 heavy (non-hydrogen) atoms. The van der Waals surface area contributed by atoms with E-state index in [2.05, 4.69) is 210 Å². The van der Waals surface area contributed by atoms with Gasteiger partial charge in [0.2, 0.25) is 0 Å². The molecule has 3 heteroatoms. The molecule has 0 radical (unpaired) electrons. The molecule has 0 saturated heterocycles. The lowest BCUT2D eigenvalue weighted by molar-refractivity contribution is 0.670. The minimum absolute atomic E-state index is 0.884. The molecule has 0 amide bonds. The zero-order valence-corrected chi connectivity index (χ0v) is 29.9. The molecular formula is C52H34N2O. The van der Waals surface area contributed by atoms with E-state index >= 15 is 0 Å². The summed E-state index contributed by atoms with van der Waals surface area (Å²) < 4.78 is 9.11. The maximum atomic E-state index is 6.69. The van der Waals surface area contributed by atoms with Crippen LogP contribution < -0.4 is 4.90 Å². The van der Waals surface area contributed by atoms with E-state index in [9.17, 15) is 0 Å². The van der Waals surface area contributed by atoms with Crippen molar-refractivity contribution in [1.29, 1.82) is 0 Å². The van der Waals surface area contributed by atoms with Crippen molar-refractivity contribution < 1.29 is 4.42 Å². The number of furan rings is 1. The standard InChI is InChI=1S/C52H34N2O/c1-3-13-35(14-4-1)36-23-27-41(28-24-36)53(40-17-5-2-6-18-40)42-29-25-37(26-30-42)46-33-43(34-48-45-20-10-12-22-51(45)55-52(46)48)54-49-21-11-9-19-44(49)47-31-38-15-7-8-16-39(38)32-50(47)54/h1-34H. The molecule has 11 aromatic rings. The van der Waals surface area contributed by atoms with E-state index in [1.54, 1.807) is 0 Å². The Kier molecular flexibility index (Phi) is 7.17. The monoisotopic (exact) mass is 702 g/mol. The second-order valence-electron chi connectivity index (χ2n) is 14.2. The van der Waals surface area contributed by atoms with Gasteiger partial charge in [0, 0.05) is 49.9 Å². The summed E-state index contributed by atoms with van der Waals surface area (Å²) >= 11 is 0. The molecule has 9 aromatic carbocycles. The normalized spacial score (nSPS) is 11.6. The van der Waals surface area contributed by atoms with Crippen molar-refractivity contribution in [2.24, 2.45) is 0 Å². The minimum atomic E-state index is 0.884. The summed E-state index contributed by atoms with van der Waals surface area (Å²) in [5.41, 5.74) is 13.1. The second-order valence-corrected chi connectivity index (χ2v) is 14.2. The lowest BCUT2D eigenvalue weighted by Gasteiger charge is -2.26. The van der Waals surface area contributed by atoms with Crippen molar-refractivity contribution in [2.75, 3.05) is 4.90 Å². The Balaban J connectivity index is 1.09. The van der Waals surface area contributed by atoms with Gasteiger partial charge in [0.25, 0.3) is 0 Å². The highest BCUT2D eigenvalue weighted by Gasteiger charge is 2.20. The van der Waals surface area contributed by atoms with Gasteiger partial charge in [-0.2, -0.15) is 0 Å². The van der Waals surface area contributed by atoms with E-state index < -0.39 is 0 Å². The lowest BCUT2D eigenvalue weighted by atomic mass is 10.00. The fraction of sp³-hybridized carbons (Fsp3) is 0. The Bertz CT molecular complexity index is 3180. The van der Waals surface area contributed by atoms with Crippen LogP contribution in [0.5, 0.6) is 0 Å². The van der Waals surface area contributed by atoms with E-state index in [1.165, 1.54) is 43.7 Å². The molecule has 0 spiro atoms. The van der Waals surface area contributed by atoms with Gasteiger partial charge in [-0.15, -0.1) is 0 Å². The highest BCUT2D eigenvalue weighted by atomic mass is 16.3. The van der Waals surface area contributed by atoms with Crippen molar-refractivity contribution in [3.63, 3.8) is 0 Å². The quantitative estimate of drug-likeness (QED) is 0.172. The number of hydrogen-bond donors (Lipinski definition) is 0. The first-order valence-electron chi connectivity index (χ1n) is 18.8. The highest BCUT2D eigenvalue weighted by molar-refractivity contribution is 6.15. The van der Waals surface area contributed by atoms with Crippen LogP contribution in [-0.2, 0) is 0 Å². The van der Waals surface area contributed by atoms with Crippen molar-refractivity contribution in [2.45, 2.75) is 0 Å². The van der Waals surface area contributed by atoms with Crippen LogP contribution >= 0.6 is 0 Å². The first-order chi connectivity index (χ1) is 27.3. The number of nitrogens with zero attached hydrogens (tertiary/aromatic N) is 2. The predicted octanol–water partition coefficient (Wildman–Crippen LogP) is 14.6. The van der Waals surface area contributed by atoms with E-state index in [0.717, 1.165) is 55.8 Å². The zero-order chi connectivity index (χ0) is 36.3. The van der Waals surface area contributed by atoms with Gasteiger partial charge >= 0.3 is 0 Å². The van der Waals surface area contributed by atoms with Crippen molar-refractivity contribution in [3.05, 3.63) is 206 Å². The fourth-order valence-electron chi connectivity index (χ4n) is 8.34. The first kappa shape index (κ1) is 31.2. The van der Waals surface area contributed by atoms with Crippen LogP contribution in [0, 0.1) is 0 Å². The molecule has 0 fully saturated rings. The number of aromatic nitrogens is 1. The Morgan fingerprint density at radius 3 is 1.67 bits per heavy atom. The summed E-state index contributed by atoms with van der Waals surface area (Å²) in [7, 11) is 0. The predicted molar refractivity (Wildman–Crippen MR) is 231 cm³/mol. The van der Waals surface area contributed by atoms with Crippen LogP contribution in [-0.4, -0.2) is 4.57 Å². The van der Waals surface area contributed by atoms with Gasteiger partial charge in [-0.05, 0) is 100 Å². The molecular weight excluding hydrogens is 669 g/mol. The summed E-state index contributed by atoms with van der Waals surface area (Å²) in [6.07, 6.45) is 0. The molecule has 0 aliphatic rings. The number of anilines is 3. The minimum Gasteiger partial charge on any atom is -0.455 e. The summed E-state index contributed by atoms with van der Waals surface area (Å²) in [6.45, 7) is 0. The average Bonchev–Trinajstić information content (AvgIpc) is 3.79. The van der Waals surface area contributed by atoms with Crippen molar-refractivity contribution >= 4 is 71.6 Å². The summed E-state index contributed by atoms with van der Waals surface area (Å²) in [5, 5.41) is 7.16. The summed E-state index contributed by atoms with van der Waals surface area (Å²) in [4.78, 5) is 2.31. The number of hydrogen-bond acceptors (Lipinski definition) is 2. The van der Waals surface area contributed by atoms with Gasteiger partial charge < -0.3 is 13.9 Å². The van der Waals surface area contributed by atoms with Gasteiger partial charge in [0.15, 0.2) is 0 Å². The average molecular weight is 703 g/mol. The molecule has 0 saturated carbocycles. The SMILES string of the molecule is c1ccc(-c2ccc(N(c3ccccc3)c3ccc(-c4cc(-n5c6ccccc6c6cc7ccccc7cc65)cc5c4oc4ccccc45)cc3)cc2)cc1. The van der Waals surface area contributed by atoms with Gasteiger partial charge in [-0.25, -0.2) is 0 Å². The first-order valence-corrected chi connectivity index (χ1v) is 18.8. The smallest absolute Gasteiger partial charge is 0.143 e. The van der Waals surface area contributed by atoms with Gasteiger partial charge in [0.1, 0.15) is 11.2 Å². The van der Waals surface area contributed by atoms with Crippen LogP contribution in [0.25, 0.3) is 82.5 Å². The molecule has 0 aliphatic heterocycles. The molecule has 2 aromatic heterocycles. The largest absolute Gasteiger partial charge is 0.455 e. The van der Waals surface area contributed by atoms with Gasteiger partial charge in [0.05, 0.1) is 11.0 Å². The van der Waals surface area contributed by atoms with Crippen LogP contribution in [0.3, 0.4) is 0 Å². The van der Waals surface area contributed by atoms with E-state index in [-0.39, 0.29) is 0 Å². The molecule has 2 heterocycles. The topological polar surface area (TPSA) is 21.3 Å². The molecule has 0 atom stereocenters. The Morgan fingerprint density at radius 1 is 0.364 bits per heavy atom. The van der Waals surface area contributed by atoms with Gasteiger partial charge in [-0.1, -0.05) is 133 Å². The van der Waals surface area contributed by atoms with Crippen LogP contribution in [0.4, 0.5) is 17.1 Å². The number of rotatable bonds is 6. The highest BCUT2D eigenvalue weighted by Crippen LogP contribution is 2.42. The Morgan fingerprint density at radius 2 is 0.927 bits per heavy atom. The van der Waals surface area contributed by atoms with Crippen LogP contribution in [0.15, 0.2) is 211 Å². The number of benzene rings is 9. The fourth-order valence-corrected chi connectivity index (χ4v) is 8.34. The maximum absolute atomic E-state index is 6.69. The summed E-state index contributed by atoms with van der Waals surface area (Å²) in [5.74, 6) is 0. The third-order valence-electron chi connectivity index (χ3n) is 10.9. The molecule has 0 bridgehead atoms. The lowest BCUT2D eigenvalue weighted by Crippen LogP contribution is -2.09. The van der Waals surface area contributed by atoms with Crippen LogP contribution in [0.1, 0.15) is 0 Å². The van der Waals surface area contributed by atoms with E-state index in [0.29, 0.717) is 0 Å². The maximum Gasteiger partial charge on any atom is 0.143 e.